The summed E-state index contributed by atoms with van der Waals surface area (Å²) in [6, 6.07) is 17.9. The number of aromatic nitrogens is 2. The van der Waals surface area contributed by atoms with Crippen molar-refractivity contribution in [1.29, 1.82) is 0 Å². The summed E-state index contributed by atoms with van der Waals surface area (Å²) in [6.45, 7) is 9.24. The molecule has 7 amide bonds. The van der Waals surface area contributed by atoms with Gasteiger partial charge in [-0.1, -0.05) is 6.07 Å². The second kappa shape index (κ2) is 66.2. The number of unbranched alkanes of at least 4 members (excludes halogenated alkanes) is 7. The van der Waals surface area contributed by atoms with Crippen LogP contribution in [0.4, 0.5) is 27.5 Å². The second-order valence-electron chi connectivity index (χ2n) is 31.0. The van der Waals surface area contributed by atoms with Crippen LogP contribution < -0.4 is 63.8 Å². The van der Waals surface area contributed by atoms with E-state index < -0.39 is 65.7 Å². The lowest BCUT2D eigenvalue weighted by Gasteiger charge is -2.24. The van der Waals surface area contributed by atoms with Crippen molar-refractivity contribution in [2.24, 2.45) is 0 Å². The molecule has 0 radical (unpaired) electrons. The Morgan fingerprint density at radius 1 is 0.403 bits per heavy atom. The van der Waals surface area contributed by atoms with Gasteiger partial charge in [0.15, 0.2) is 31.9 Å². The number of carboxylic acids is 5. The minimum absolute atomic E-state index is 0.00247. The third-order valence-electron chi connectivity index (χ3n) is 20.2. The first kappa shape index (κ1) is 113. The van der Waals surface area contributed by atoms with Gasteiger partial charge in [-0.15, -0.1) is 0 Å². The first-order valence-electron chi connectivity index (χ1n) is 44.4. The van der Waals surface area contributed by atoms with Crippen LogP contribution in [0.2, 0.25) is 0 Å². The second-order valence-corrected chi connectivity index (χ2v) is 32.6. The number of ether oxygens (including phenoxy) is 4. The maximum absolute atomic E-state index is 14.1. The van der Waals surface area contributed by atoms with E-state index in [1.54, 1.807) is 66.7 Å². The fourth-order valence-electron chi connectivity index (χ4n) is 12.9. The summed E-state index contributed by atoms with van der Waals surface area (Å²) in [4.78, 5) is 160. The molecule has 20 N–H and O–H groups in total. The highest BCUT2D eigenvalue weighted by Crippen LogP contribution is 2.19. The minimum atomic E-state index is -1.42. The highest BCUT2D eigenvalue weighted by Gasteiger charge is 2.26. The largest absolute Gasteiger partial charge is 0.481 e. The fraction of sp³-hybridized carbons (Fsp3) is 0.558. The fourth-order valence-corrected chi connectivity index (χ4v) is 13.8. The molecule has 0 spiro atoms. The van der Waals surface area contributed by atoms with Gasteiger partial charge in [0.1, 0.15) is 17.8 Å². The van der Waals surface area contributed by atoms with Crippen LogP contribution >= 0.6 is 48.9 Å². The number of aromatic carboxylic acids is 2. The predicted octanol–water partition coefficient (Wildman–Crippen LogP) is 4.90. The molecule has 2 aromatic heterocycles. The quantitative estimate of drug-likeness (QED) is 0.00919. The smallest absolute Gasteiger partial charge is 0.354 e. The van der Waals surface area contributed by atoms with E-state index in [1.165, 1.54) is 19.1 Å². The van der Waals surface area contributed by atoms with E-state index in [2.05, 4.69) is 78.7 Å². The molecule has 44 nitrogen and oxygen atoms in total. The predicted molar refractivity (Wildman–Crippen MR) is 509 cm³/mol. The molecular weight excluding hydrogens is 1830 g/mol. The Morgan fingerprint density at radius 3 is 1.22 bits per heavy atom. The van der Waals surface area contributed by atoms with Crippen molar-refractivity contribution in [2.45, 2.75) is 154 Å². The van der Waals surface area contributed by atoms with Gasteiger partial charge < -0.3 is 108 Å². The number of hydrogen-bond donors (Lipinski definition) is 20. The number of carbonyl (C=O) groups excluding carboxylic acids is 7. The van der Waals surface area contributed by atoms with Crippen molar-refractivity contribution in [2.75, 3.05) is 179 Å². The molecular formula is C86H128N20O24S4. The molecule has 0 bridgehead atoms. The van der Waals surface area contributed by atoms with Crippen molar-refractivity contribution in [1.82, 2.24) is 82.4 Å². The molecule has 740 valence electrons. The molecule has 1 aliphatic rings. The molecule has 134 heavy (non-hydrogen) atoms. The SMILES string of the molecule is CC(=O)N(O)CCCCCNC(=O)CCC(=O)N(O)CCCCCNC(=O)CCC(=O)N(O)CCCCCNC(=S)Nc1ccc(NC(=S)NCCN(CCNC(=S)Nc2cc(CN3CCOCCOCCN(Cc4cccc(C(=O)O)n4)CCOCCOCC3)nc(C(=O)O)c2)CC(=O)c2ccc(NC(=S)NCCCCC(NC(=O)NC(CCCC(=O)O)C(=O)O)C(=O)O)cc2)cc1. The molecule has 1 fully saturated rings. The number of carbonyl (C=O) groups is 12. The van der Waals surface area contributed by atoms with Gasteiger partial charge in [0.05, 0.1) is 70.8 Å². The topological polar surface area (TPSA) is 593 Å². The Bertz CT molecular complexity index is 4390. The van der Waals surface area contributed by atoms with Crippen LogP contribution in [-0.4, -0.2) is 342 Å². The number of urea groups is 1. The van der Waals surface area contributed by atoms with Gasteiger partial charge in [-0.25, -0.2) is 49.1 Å². The summed E-state index contributed by atoms with van der Waals surface area (Å²) >= 11 is 22.5. The maximum Gasteiger partial charge on any atom is 0.354 e. The van der Waals surface area contributed by atoms with Gasteiger partial charge in [-0.2, -0.15) is 0 Å². The van der Waals surface area contributed by atoms with Crippen molar-refractivity contribution in [3.63, 3.8) is 0 Å². The van der Waals surface area contributed by atoms with Crippen LogP contribution in [0.15, 0.2) is 78.9 Å². The zero-order valence-electron chi connectivity index (χ0n) is 75.3. The number of Topliss-reactive ketones (excluding diaryl/α,β-unsaturated/α-hetero) is 1. The number of aliphatic carboxylic acids is 3. The molecule has 0 aliphatic carbocycles. The van der Waals surface area contributed by atoms with E-state index in [0.717, 1.165) is 0 Å². The number of thiocarbonyl (C=S) groups is 4. The van der Waals surface area contributed by atoms with Crippen molar-refractivity contribution >= 4 is 163 Å². The van der Waals surface area contributed by atoms with Crippen molar-refractivity contribution < 1.29 is 118 Å². The molecule has 48 heteroatoms. The Hall–Kier alpha value is -11.3. The Morgan fingerprint density at radius 2 is 0.791 bits per heavy atom. The zero-order valence-corrected chi connectivity index (χ0v) is 78.6. The third-order valence-corrected chi connectivity index (χ3v) is 21.2. The van der Waals surface area contributed by atoms with Crippen molar-refractivity contribution in [3.05, 3.63) is 107 Å². The Labute approximate surface area is 799 Å². The summed E-state index contributed by atoms with van der Waals surface area (Å²) in [5, 5.41) is 115. The lowest BCUT2D eigenvalue weighted by atomic mass is 10.1. The molecule has 2 aromatic carbocycles. The molecule has 0 saturated carbocycles. The number of hydroxylamine groups is 6. The minimum Gasteiger partial charge on any atom is -0.481 e. The number of amides is 7. The number of pyridine rings is 2. The molecule has 5 rings (SSSR count). The van der Waals surface area contributed by atoms with Gasteiger partial charge in [0.2, 0.25) is 29.5 Å². The monoisotopic (exact) mass is 1950 g/mol. The average Bonchev–Trinajstić information content (AvgIpc) is 0.833. The number of anilines is 4. The number of rotatable bonds is 56. The summed E-state index contributed by atoms with van der Waals surface area (Å²) < 4.78 is 23.7. The first-order chi connectivity index (χ1) is 64.3. The number of carboxylic acid groups (broad SMARTS) is 5. The lowest BCUT2D eigenvalue weighted by molar-refractivity contribution is -0.166. The summed E-state index contributed by atoms with van der Waals surface area (Å²) in [5.74, 6) is -8.82. The van der Waals surface area contributed by atoms with Crippen LogP contribution in [0.3, 0.4) is 0 Å². The zero-order chi connectivity index (χ0) is 97.8. The third kappa shape index (κ3) is 51.3. The van der Waals surface area contributed by atoms with E-state index in [-0.39, 0.29) is 148 Å². The summed E-state index contributed by atoms with van der Waals surface area (Å²) in [7, 11) is 0. The maximum atomic E-state index is 14.1. The molecule has 4 aromatic rings. The Kier molecular flexibility index (Phi) is 55.9. The molecule has 1 aliphatic heterocycles. The summed E-state index contributed by atoms with van der Waals surface area (Å²) in [5.41, 5.74) is 3.38. The van der Waals surface area contributed by atoms with Gasteiger partial charge in [0.25, 0.3) is 0 Å². The van der Waals surface area contributed by atoms with E-state index in [9.17, 15) is 93.6 Å². The molecule has 1 saturated heterocycles. The molecule has 2 atom stereocenters. The number of hydrogen-bond acceptors (Lipinski definition) is 28. The van der Waals surface area contributed by atoms with Crippen LogP contribution in [0.25, 0.3) is 0 Å². The van der Waals surface area contributed by atoms with Crippen molar-refractivity contribution in [3.8, 4) is 0 Å². The van der Waals surface area contributed by atoms with Crippen LogP contribution in [0, 0.1) is 0 Å². The van der Waals surface area contributed by atoms with Gasteiger partial charge in [-0.3, -0.25) is 63.9 Å². The number of ketones is 1. The van der Waals surface area contributed by atoms with Gasteiger partial charge >= 0.3 is 35.9 Å². The molecule has 2 unspecified atom stereocenters. The standard InChI is InChI=1S/C86H128N20O24S4/c1-60(107)104(124)38-10-2-6-32-87-73(109)28-30-75(111)105(125)39-11-3-7-33-88-74(110)29-31-76(112)106(126)40-12-4-8-34-89-83(131)96-63-24-26-64(27-25-63)97-85(133)91-36-41-101(59-72(108)61-20-22-62(23-21-61)95-84(132)90-35-9-5-16-69(79(117)118)99-82(123)100-70(80(119)120)18-14-19-77(113)114)42-37-92-86(134)98-66-55-67(94-71(56-66)81(121)122)58-103-45-49-129-53-51-127-47-43-102(44-48-128-52-54-130-50-46-103)57-65-15-13-17-68(93-65)78(115)116/h13,15,17,20-27,55-56,69-70,124-126H,2-12,14,16,18-19,28-54,57-59H2,1H3,(H,87,109)(H,88,110)(H,113,114)(H,115,116)(H,117,118)(H,119,120)(H,121,122)(H2,89,96,131)(H2,90,95,132)(H2,91,97,133)(H2,99,100,123)(H2,92,94,98,134). The summed E-state index contributed by atoms with van der Waals surface area (Å²) in [6.07, 6.45) is 4.88. The molecule has 3 heterocycles. The highest BCUT2D eigenvalue weighted by molar-refractivity contribution is 7.81. The number of nitrogens with one attached hydrogen (secondary N) is 12. The lowest BCUT2D eigenvalue weighted by Crippen LogP contribution is -2.51. The van der Waals surface area contributed by atoms with Crippen LogP contribution in [-0.2, 0) is 70.4 Å². The highest BCUT2D eigenvalue weighted by atomic mass is 32.1. The van der Waals surface area contributed by atoms with Crippen LogP contribution in [0.5, 0.6) is 0 Å². The van der Waals surface area contributed by atoms with Gasteiger partial charge in [0, 0.05) is 179 Å². The van der Waals surface area contributed by atoms with E-state index in [0.29, 0.717) is 249 Å². The first-order valence-corrected chi connectivity index (χ1v) is 46.0. The number of nitrogens with zero attached hydrogens (tertiary/aromatic N) is 8. The van der Waals surface area contributed by atoms with E-state index in [4.69, 9.17) is 72.9 Å². The van der Waals surface area contributed by atoms with Crippen LogP contribution in [0.1, 0.15) is 172 Å². The van der Waals surface area contributed by atoms with Gasteiger partial charge in [-0.05, 0) is 212 Å². The number of benzene rings is 2. The average molecular weight is 1950 g/mol. The van der Waals surface area contributed by atoms with E-state index >= 15 is 0 Å². The Balaban J connectivity index is 1.06. The van der Waals surface area contributed by atoms with E-state index in [1.807, 2.05) is 9.80 Å². The normalized spacial score (nSPS) is 13.4.